The van der Waals surface area contributed by atoms with E-state index in [0.717, 1.165) is 19.5 Å². The molecule has 1 saturated heterocycles. The maximum absolute atomic E-state index is 10.8. The number of carbonyl (C=O) groups is 1. The zero-order chi connectivity index (χ0) is 13.8. The van der Waals surface area contributed by atoms with Gasteiger partial charge < -0.3 is 5.11 Å². The van der Waals surface area contributed by atoms with E-state index < -0.39 is 5.97 Å². The molecule has 19 heavy (non-hydrogen) atoms. The smallest absolute Gasteiger partial charge is 0.303 e. The fraction of sp³-hybridized carbons (Fsp3) is 0.562. The molecular formula is C16H23NO2. The van der Waals surface area contributed by atoms with Gasteiger partial charge >= 0.3 is 5.97 Å². The fourth-order valence-corrected chi connectivity index (χ4v) is 3.20. The van der Waals surface area contributed by atoms with Gasteiger partial charge in [0.1, 0.15) is 0 Å². The highest BCUT2D eigenvalue weighted by Gasteiger charge is 2.31. The van der Waals surface area contributed by atoms with Gasteiger partial charge in [0.15, 0.2) is 0 Å². The van der Waals surface area contributed by atoms with Gasteiger partial charge in [0.05, 0.1) is 0 Å². The Morgan fingerprint density at radius 1 is 1.37 bits per heavy atom. The number of aliphatic carboxylic acids is 1. The van der Waals surface area contributed by atoms with E-state index in [2.05, 4.69) is 43.0 Å². The van der Waals surface area contributed by atoms with Gasteiger partial charge in [-0.05, 0) is 30.4 Å². The number of likely N-dealkylation sites (tertiary alicyclic amines) is 1. The molecule has 2 unspecified atom stereocenters. The van der Waals surface area contributed by atoms with Crippen molar-refractivity contribution in [2.24, 2.45) is 11.8 Å². The van der Waals surface area contributed by atoms with E-state index in [1.54, 1.807) is 0 Å². The van der Waals surface area contributed by atoms with Crippen LogP contribution >= 0.6 is 0 Å². The molecule has 1 aliphatic rings. The van der Waals surface area contributed by atoms with Crippen molar-refractivity contribution in [3.8, 4) is 0 Å². The molecule has 104 valence electrons. The molecule has 3 heteroatoms. The zero-order valence-corrected chi connectivity index (χ0v) is 11.7. The number of benzene rings is 1. The molecule has 0 aliphatic carbocycles. The van der Waals surface area contributed by atoms with Crippen molar-refractivity contribution in [1.29, 1.82) is 0 Å². The van der Waals surface area contributed by atoms with Crippen LogP contribution in [0.25, 0.3) is 0 Å². The van der Waals surface area contributed by atoms with E-state index >= 15 is 0 Å². The number of hydrogen-bond donors (Lipinski definition) is 1. The van der Waals surface area contributed by atoms with E-state index in [9.17, 15) is 4.79 Å². The van der Waals surface area contributed by atoms with Gasteiger partial charge in [-0.15, -0.1) is 0 Å². The van der Waals surface area contributed by atoms with E-state index in [0.29, 0.717) is 24.3 Å². The van der Waals surface area contributed by atoms with Gasteiger partial charge in [-0.1, -0.05) is 44.2 Å². The Morgan fingerprint density at radius 2 is 2.05 bits per heavy atom. The van der Waals surface area contributed by atoms with E-state index in [4.69, 9.17) is 5.11 Å². The third-order valence-electron chi connectivity index (χ3n) is 3.95. The minimum absolute atomic E-state index is 0.302. The van der Waals surface area contributed by atoms with Crippen LogP contribution in [0.15, 0.2) is 30.3 Å². The first-order valence-corrected chi connectivity index (χ1v) is 7.08. The summed E-state index contributed by atoms with van der Waals surface area (Å²) in [6.45, 7) is 6.39. The summed E-state index contributed by atoms with van der Waals surface area (Å²) in [5.41, 5.74) is 1.34. The maximum atomic E-state index is 10.8. The molecule has 0 bridgehead atoms. The summed E-state index contributed by atoms with van der Waals surface area (Å²) in [6, 6.07) is 11.0. The second kappa shape index (κ2) is 6.20. The van der Waals surface area contributed by atoms with Crippen LogP contribution in [0, 0.1) is 11.8 Å². The molecule has 1 fully saturated rings. The highest BCUT2D eigenvalue weighted by molar-refractivity contribution is 5.67. The predicted molar refractivity (Wildman–Crippen MR) is 76.0 cm³/mol. The van der Waals surface area contributed by atoms with Gasteiger partial charge in [0.25, 0.3) is 0 Å². The number of nitrogens with zero attached hydrogens (tertiary/aromatic N) is 1. The third kappa shape index (κ3) is 3.57. The number of hydrogen-bond acceptors (Lipinski definition) is 2. The van der Waals surface area contributed by atoms with Crippen LogP contribution in [0.2, 0.25) is 0 Å². The molecule has 0 radical (unpaired) electrons. The molecule has 2 atom stereocenters. The normalized spacial score (nSPS) is 21.7. The fourth-order valence-electron chi connectivity index (χ4n) is 3.20. The lowest BCUT2D eigenvalue weighted by Crippen LogP contribution is -2.30. The summed E-state index contributed by atoms with van der Waals surface area (Å²) < 4.78 is 0. The highest BCUT2D eigenvalue weighted by atomic mass is 16.4. The zero-order valence-electron chi connectivity index (χ0n) is 11.7. The summed E-state index contributed by atoms with van der Waals surface area (Å²) in [4.78, 5) is 13.3. The van der Waals surface area contributed by atoms with Gasteiger partial charge in [0.2, 0.25) is 0 Å². The van der Waals surface area contributed by atoms with Gasteiger partial charge in [0, 0.05) is 19.0 Å². The van der Waals surface area contributed by atoms with Crippen LogP contribution in [0.1, 0.15) is 38.3 Å². The minimum atomic E-state index is -0.673. The lowest BCUT2D eigenvalue weighted by molar-refractivity contribution is -0.138. The SMILES string of the molecule is CC(C)C(c1ccccc1)N1CCC(CC(=O)O)C1. The number of rotatable bonds is 5. The van der Waals surface area contributed by atoms with Crippen molar-refractivity contribution in [2.45, 2.75) is 32.7 Å². The Bertz CT molecular complexity index is 416. The number of carboxylic acids is 1. The first-order chi connectivity index (χ1) is 9.08. The quantitative estimate of drug-likeness (QED) is 0.885. The molecule has 0 amide bonds. The Labute approximate surface area is 115 Å². The van der Waals surface area contributed by atoms with Crippen molar-refractivity contribution >= 4 is 5.97 Å². The van der Waals surface area contributed by atoms with Crippen LogP contribution in [0.5, 0.6) is 0 Å². The molecule has 1 aromatic carbocycles. The van der Waals surface area contributed by atoms with Crippen molar-refractivity contribution in [2.75, 3.05) is 13.1 Å². The average Bonchev–Trinajstić information content (AvgIpc) is 2.77. The summed E-state index contributed by atoms with van der Waals surface area (Å²) in [6.07, 6.45) is 1.30. The lowest BCUT2D eigenvalue weighted by Gasteiger charge is -2.31. The van der Waals surface area contributed by atoms with E-state index in [1.165, 1.54) is 5.56 Å². The van der Waals surface area contributed by atoms with E-state index in [1.807, 2.05) is 6.07 Å². The molecule has 0 aromatic heterocycles. The van der Waals surface area contributed by atoms with Crippen molar-refractivity contribution < 1.29 is 9.90 Å². The third-order valence-corrected chi connectivity index (χ3v) is 3.95. The topological polar surface area (TPSA) is 40.5 Å². The standard InChI is InChI=1S/C16H23NO2/c1-12(2)16(14-6-4-3-5-7-14)17-9-8-13(11-17)10-15(18)19/h3-7,12-13,16H,8-11H2,1-2H3,(H,18,19). The van der Waals surface area contributed by atoms with Gasteiger partial charge in [-0.2, -0.15) is 0 Å². The largest absolute Gasteiger partial charge is 0.481 e. The molecule has 3 nitrogen and oxygen atoms in total. The summed E-state index contributed by atoms with van der Waals surface area (Å²) in [5, 5.41) is 8.91. The average molecular weight is 261 g/mol. The van der Waals surface area contributed by atoms with Crippen LogP contribution in [0.4, 0.5) is 0 Å². The highest BCUT2D eigenvalue weighted by Crippen LogP contribution is 2.33. The lowest BCUT2D eigenvalue weighted by atomic mass is 9.94. The molecule has 1 N–H and O–H groups in total. The molecule has 1 aliphatic heterocycles. The maximum Gasteiger partial charge on any atom is 0.303 e. The molecule has 0 saturated carbocycles. The molecule has 2 rings (SSSR count). The summed E-state index contributed by atoms with van der Waals surface area (Å²) in [5.74, 6) is 0.168. The second-order valence-electron chi connectivity index (χ2n) is 5.85. The minimum Gasteiger partial charge on any atom is -0.481 e. The molecule has 0 spiro atoms. The predicted octanol–water partition coefficient (Wildman–Crippen LogP) is 3.18. The Hall–Kier alpha value is -1.35. The first-order valence-electron chi connectivity index (χ1n) is 7.08. The van der Waals surface area contributed by atoms with Crippen LogP contribution in [-0.4, -0.2) is 29.1 Å². The summed E-state index contributed by atoms with van der Waals surface area (Å²) in [7, 11) is 0. The molecular weight excluding hydrogens is 238 g/mol. The Balaban J connectivity index is 2.08. The van der Waals surface area contributed by atoms with E-state index in [-0.39, 0.29) is 0 Å². The number of carboxylic acid groups (broad SMARTS) is 1. The van der Waals surface area contributed by atoms with Crippen LogP contribution < -0.4 is 0 Å². The van der Waals surface area contributed by atoms with Crippen LogP contribution in [0.3, 0.4) is 0 Å². The Morgan fingerprint density at radius 3 is 2.63 bits per heavy atom. The first kappa shape index (κ1) is 14.1. The van der Waals surface area contributed by atoms with Crippen molar-refractivity contribution in [3.63, 3.8) is 0 Å². The molecule has 1 aromatic rings. The molecule has 1 heterocycles. The Kier molecular flexibility index (Phi) is 4.59. The van der Waals surface area contributed by atoms with Crippen LogP contribution in [-0.2, 0) is 4.79 Å². The van der Waals surface area contributed by atoms with Crippen molar-refractivity contribution in [3.05, 3.63) is 35.9 Å². The van der Waals surface area contributed by atoms with Gasteiger partial charge in [-0.25, -0.2) is 0 Å². The summed E-state index contributed by atoms with van der Waals surface area (Å²) >= 11 is 0. The monoisotopic (exact) mass is 261 g/mol. The van der Waals surface area contributed by atoms with Crippen molar-refractivity contribution in [1.82, 2.24) is 4.90 Å². The second-order valence-corrected chi connectivity index (χ2v) is 5.85. The van der Waals surface area contributed by atoms with Gasteiger partial charge in [-0.3, -0.25) is 9.69 Å².